The van der Waals surface area contributed by atoms with Crippen molar-refractivity contribution < 1.29 is 27.8 Å². The number of aliphatic carboxylic acids is 1. The maximum Gasteiger partial charge on any atom is 0.433 e. The van der Waals surface area contributed by atoms with E-state index >= 15 is 0 Å². The molecule has 2 heterocycles. The maximum atomic E-state index is 12.7. The van der Waals surface area contributed by atoms with Gasteiger partial charge in [-0.2, -0.15) is 18.3 Å². The summed E-state index contributed by atoms with van der Waals surface area (Å²) in [5.41, 5.74) is 0.161. The van der Waals surface area contributed by atoms with Crippen LogP contribution >= 0.6 is 0 Å². The molecule has 0 amide bonds. The number of nitrogens with zero attached hydrogens (tertiary/aromatic N) is 3. The fourth-order valence-electron chi connectivity index (χ4n) is 1.96. The van der Waals surface area contributed by atoms with E-state index in [0.29, 0.717) is 16.8 Å². The van der Waals surface area contributed by atoms with Gasteiger partial charge in [0.25, 0.3) is 0 Å². The zero-order chi connectivity index (χ0) is 16.5. The topological polar surface area (TPSA) is 77.2 Å². The third kappa shape index (κ3) is 3.18. The van der Waals surface area contributed by atoms with Crippen molar-refractivity contribution in [3.8, 4) is 17.0 Å². The van der Waals surface area contributed by atoms with Gasteiger partial charge in [-0.3, -0.25) is 9.48 Å². The van der Waals surface area contributed by atoms with Gasteiger partial charge in [-0.15, -0.1) is 0 Å². The zero-order valence-corrected chi connectivity index (χ0v) is 11.7. The summed E-state index contributed by atoms with van der Waals surface area (Å²) in [6.07, 6.45) is -3.15. The van der Waals surface area contributed by atoms with Crippen molar-refractivity contribution >= 4 is 5.97 Å². The lowest BCUT2D eigenvalue weighted by Gasteiger charge is -2.10. The monoisotopic (exact) mass is 315 g/mol. The molecule has 0 saturated carbocycles. The summed E-state index contributed by atoms with van der Waals surface area (Å²) in [5, 5.41) is 12.7. The Morgan fingerprint density at radius 1 is 1.36 bits per heavy atom. The third-order valence-corrected chi connectivity index (χ3v) is 2.88. The lowest BCUT2D eigenvalue weighted by Crippen LogP contribution is -2.09. The second-order valence-electron chi connectivity index (χ2n) is 4.47. The largest absolute Gasteiger partial charge is 0.481 e. The van der Waals surface area contributed by atoms with Gasteiger partial charge in [-0.05, 0) is 19.1 Å². The van der Waals surface area contributed by atoms with E-state index in [9.17, 15) is 18.0 Å². The first-order chi connectivity index (χ1) is 10.2. The van der Waals surface area contributed by atoms with Crippen LogP contribution in [0.5, 0.6) is 5.88 Å². The van der Waals surface area contributed by atoms with Gasteiger partial charge in [-0.1, -0.05) is 0 Å². The van der Waals surface area contributed by atoms with Gasteiger partial charge in [0.05, 0.1) is 12.8 Å². The molecule has 0 aliphatic rings. The first kappa shape index (κ1) is 15.8. The third-order valence-electron chi connectivity index (χ3n) is 2.88. The number of ether oxygens (including phenoxy) is 1. The minimum atomic E-state index is -4.58. The lowest BCUT2D eigenvalue weighted by molar-refractivity contribution is -0.141. The van der Waals surface area contributed by atoms with Crippen LogP contribution in [0.4, 0.5) is 13.2 Å². The van der Waals surface area contributed by atoms with Gasteiger partial charge in [0.15, 0.2) is 0 Å². The van der Waals surface area contributed by atoms with Crippen LogP contribution in [0.25, 0.3) is 11.1 Å². The Morgan fingerprint density at radius 3 is 2.59 bits per heavy atom. The molecule has 0 aliphatic heterocycles. The second kappa shape index (κ2) is 5.66. The minimum absolute atomic E-state index is 0.201. The minimum Gasteiger partial charge on any atom is -0.481 e. The van der Waals surface area contributed by atoms with E-state index in [1.54, 1.807) is 6.92 Å². The number of carboxylic acid groups (broad SMARTS) is 1. The Morgan fingerprint density at radius 2 is 2.05 bits per heavy atom. The molecule has 0 atom stereocenters. The van der Waals surface area contributed by atoms with Crippen LogP contribution in [0, 0.1) is 6.92 Å². The van der Waals surface area contributed by atoms with E-state index in [1.165, 1.54) is 24.1 Å². The van der Waals surface area contributed by atoms with Crippen LogP contribution < -0.4 is 4.74 Å². The van der Waals surface area contributed by atoms with Crippen LogP contribution in [0.3, 0.4) is 0 Å². The number of hydrogen-bond donors (Lipinski definition) is 1. The normalized spacial score (nSPS) is 11.5. The Labute approximate surface area is 123 Å². The molecule has 6 nitrogen and oxygen atoms in total. The van der Waals surface area contributed by atoms with Crippen LogP contribution in [0.15, 0.2) is 18.3 Å². The average molecular weight is 315 g/mol. The van der Waals surface area contributed by atoms with Crippen molar-refractivity contribution in [2.75, 3.05) is 7.11 Å². The van der Waals surface area contributed by atoms with Gasteiger partial charge in [0.2, 0.25) is 5.88 Å². The van der Waals surface area contributed by atoms with Gasteiger partial charge < -0.3 is 9.84 Å². The summed E-state index contributed by atoms with van der Waals surface area (Å²) >= 11 is 0. The molecule has 0 spiro atoms. The average Bonchev–Trinajstić information content (AvgIpc) is 2.76. The molecule has 22 heavy (non-hydrogen) atoms. The van der Waals surface area contributed by atoms with Gasteiger partial charge in [0, 0.05) is 17.3 Å². The highest BCUT2D eigenvalue weighted by molar-refractivity contribution is 5.71. The molecule has 0 bridgehead atoms. The zero-order valence-electron chi connectivity index (χ0n) is 11.7. The molecule has 2 aromatic heterocycles. The van der Waals surface area contributed by atoms with E-state index in [-0.39, 0.29) is 12.4 Å². The number of carboxylic acids is 1. The quantitative estimate of drug-likeness (QED) is 0.937. The molecule has 0 aromatic carbocycles. The standard InChI is InChI=1S/C13H12F3N3O3/c1-7-9(5-19(18-7)6-11(20)21)8-3-4-10(13(14,15)16)17-12(8)22-2/h3-5H,6H2,1-2H3,(H,20,21). The summed E-state index contributed by atoms with van der Waals surface area (Å²) in [5.74, 6) is -1.28. The predicted octanol–water partition coefficient (Wildman–Crippen LogP) is 2.37. The first-order valence-corrected chi connectivity index (χ1v) is 6.11. The molecule has 118 valence electrons. The molecule has 9 heteroatoms. The number of pyridine rings is 1. The lowest BCUT2D eigenvalue weighted by atomic mass is 10.1. The van der Waals surface area contributed by atoms with Crippen molar-refractivity contribution in [2.45, 2.75) is 19.6 Å². The van der Waals surface area contributed by atoms with Crippen molar-refractivity contribution in [1.82, 2.24) is 14.8 Å². The van der Waals surface area contributed by atoms with E-state index in [0.717, 1.165) is 6.07 Å². The van der Waals surface area contributed by atoms with Gasteiger partial charge in [0.1, 0.15) is 12.2 Å². The second-order valence-corrected chi connectivity index (χ2v) is 4.47. The number of aryl methyl sites for hydroxylation is 1. The Hall–Kier alpha value is -2.58. The van der Waals surface area contributed by atoms with Gasteiger partial charge in [-0.25, -0.2) is 4.98 Å². The summed E-state index contributed by atoms with van der Waals surface area (Å²) < 4.78 is 44.1. The fraction of sp³-hybridized carbons (Fsp3) is 0.308. The molecular weight excluding hydrogens is 303 g/mol. The number of alkyl halides is 3. The smallest absolute Gasteiger partial charge is 0.433 e. The van der Waals surface area contributed by atoms with Crippen molar-refractivity contribution in [1.29, 1.82) is 0 Å². The summed E-state index contributed by atoms with van der Waals surface area (Å²) in [7, 11) is 1.21. The molecule has 0 unspecified atom stereocenters. The first-order valence-electron chi connectivity index (χ1n) is 6.11. The van der Waals surface area contributed by atoms with Gasteiger partial charge >= 0.3 is 12.1 Å². The molecule has 2 rings (SSSR count). The summed E-state index contributed by atoms with van der Waals surface area (Å²) in [6.45, 7) is 1.27. The number of carbonyl (C=O) groups is 1. The number of rotatable bonds is 4. The van der Waals surface area contributed by atoms with Crippen LogP contribution in [0.1, 0.15) is 11.4 Å². The van der Waals surface area contributed by atoms with E-state index in [1.807, 2.05) is 0 Å². The molecule has 0 aliphatic carbocycles. The number of hydrogen-bond acceptors (Lipinski definition) is 4. The van der Waals surface area contributed by atoms with E-state index in [2.05, 4.69) is 10.1 Å². The number of aromatic nitrogens is 3. The molecule has 0 fully saturated rings. The highest BCUT2D eigenvalue weighted by Gasteiger charge is 2.33. The number of methoxy groups -OCH3 is 1. The molecule has 0 radical (unpaired) electrons. The van der Waals surface area contributed by atoms with Crippen molar-refractivity contribution in [3.63, 3.8) is 0 Å². The SMILES string of the molecule is COc1nc(C(F)(F)F)ccc1-c1cn(CC(=O)O)nc1C. The Bertz CT molecular complexity index is 710. The van der Waals surface area contributed by atoms with Crippen LogP contribution in [0.2, 0.25) is 0 Å². The fourth-order valence-corrected chi connectivity index (χ4v) is 1.96. The molecular formula is C13H12F3N3O3. The van der Waals surface area contributed by atoms with Crippen molar-refractivity contribution in [2.24, 2.45) is 0 Å². The highest BCUT2D eigenvalue weighted by atomic mass is 19.4. The van der Waals surface area contributed by atoms with Crippen LogP contribution in [-0.4, -0.2) is 33.0 Å². The van der Waals surface area contributed by atoms with E-state index < -0.39 is 17.8 Å². The Kier molecular flexibility index (Phi) is 4.07. The molecule has 2 aromatic rings. The predicted molar refractivity (Wildman–Crippen MR) is 69.4 cm³/mol. The molecule has 0 saturated heterocycles. The highest BCUT2D eigenvalue weighted by Crippen LogP contribution is 2.35. The van der Waals surface area contributed by atoms with Crippen LogP contribution in [-0.2, 0) is 17.5 Å². The van der Waals surface area contributed by atoms with E-state index in [4.69, 9.17) is 9.84 Å². The molecule has 1 N–H and O–H groups in total. The maximum absolute atomic E-state index is 12.7. The number of halogens is 3. The van der Waals surface area contributed by atoms with Crippen molar-refractivity contribution in [3.05, 3.63) is 29.7 Å². The summed E-state index contributed by atoms with van der Waals surface area (Å²) in [4.78, 5) is 14.1. The Balaban J connectivity index is 2.48. The summed E-state index contributed by atoms with van der Waals surface area (Å²) in [6, 6.07) is 2.07.